The summed E-state index contributed by atoms with van der Waals surface area (Å²) in [5.41, 5.74) is 7.10. The molecule has 2 N–H and O–H groups in total. The zero-order valence-corrected chi connectivity index (χ0v) is 5.92. The van der Waals surface area contributed by atoms with Crippen LogP contribution in [-0.4, -0.2) is 7.11 Å². The van der Waals surface area contributed by atoms with Crippen molar-refractivity contribution in [3.05, 3.63) is 30.7 Å². The fourth-order valence-corrected chi connectivity index (χ4v) is 0.756. The molecule has 0 bridgehead atoms. The van der Waals surface area contributed by atoms with Gasteiger partial charge in [0, 0.05) is 0 Å². The van der Waals surface area contributed by atoms with E-state index in [0.717, 1.165) is 5.56 Å². The molecule has 0 unspecified atom stereocenters. The van der Waals surface area contributed by atoms with Crippen LogP contribution in [0.4, 0.5) is 5.69 Å². The van der Waals surface area contributed by atoms with Gasteiger partial charge in [-0.15, -0.1) is 0 Å². The minimum absolute atomic E-state index is 0.648. The van der Waals surface area contributed by atoms with Crippen LogP contribution in [0.1, 0.15) is 5.56 Å². The molecule has 0 fully saturated rings. The van der Waals surface area contributed by atoms with Gasteiger partial charge in [0.05, 0.1) is 12.8 Å². The summed E-state index contributed by atoms with van der Waals surface area (Å²) >= 11 is 0. The Morgan fingerprint density at radius 3 is 2.70 bits per heavy atom. The van der Waals surface area contributed by atoms with Gasteiger partial charge in [-0.25, -0.2) is 0 Å². The quantitative estimate of drug-likeness (QED) is 0.593. The van der Waals surface area contributed by atoms with E-state index >= 15 is 0 Å². The van der Waals surface area contributed by atoms with Crippen LogP contribution in [0, 0.1) is 6.92 Å². The lowest BCUT2D eigenvalue weighted by Crippen LogP contribution is -1.91. The van der Waals surface area contributed by atoms with Gasteiger partial charge in [-0.1, -0.05) is 6.07 Å². The molecule has 0 spiro atoms. The Bertz CT molecular complexity index is 233. The van der Waals surface area contributed by atoms with E-state index in [9.17, 15) is 0 Å². The molecule has 1 aromatic rings. The Kier molecular flexibility index (Phi) is 1.81. The molecule has 0 amide bonds. The highest BCUT2D eigenvalue weighted by atomic mass is 16.5. The molecule has 1 radical (unpaired) electrons. The van der Waals surface area contributed by atoms with Gasteiger partial charge in [-0.05, 0) is 24.6 Å². The number of anilines is 1. The van der Waals surface area contributed by atoms with Gasteiger partial charge < -0.3 is 10.5 Å². The van der Waals surface area contributed by atoms with E-state index in [0.29, 0.717) is 11.4 Å². The predicted molar refractivity (Wildman–Crippen MR) is 41.9 cm³/mol. The summed E-state index contributed by atoms with van der Waals surface area (Å²) in [7, 11) is 1.59. The molecule has 0 aliphatic carbocycles. The minimum atomic E-state index is 0.648. The average molecular weight is 136 g/mol. The number of hydrogen-bond donors (Lipinski definition) is 1. The smallest absolute Gasteiger partial charge is 0.142 e. The predicted octanol–water partition coefficient (Wildman–Crippen LogP) is 1.46. The van der Waals surface area contributed by atoms with E-state index in [-0.39, 0.29) is 0 Å². The molecular weight excluding hydrogens is 126 g/mol. The van der Waals surface area contributed by atoms with Crippen molar-refractivity contribution >= 4 is 5.69 Å². The van der Waals surface area contributed by atoms with Crippen LogP contribution >= 0.6 is 0 Å². The fourth-order valence-electron chi connectivity index (χ4n) is 0.756. The molecule has 10 heavy (non-hydrogen) atoms. The second-order valence-electron chi connectivity index (χ2n) is 2.08. The Labute approximate surface area is 60.6 Å². The van der Waals surface area contributed by atoms with Crippen molar-refractivity contribution < 1.29 is 4.74 Å². The third-order valence-corrected chi connectivity index (χ3v) is 1.30. The van der Waals surface area contributed by atoms with Gasteiger partial charge in [0.25, 0.3) is 0 Å². The second kappa shape index (κ2) is 2.60. The molecule has 1 rings (SSSR count). The van der Waals surface area contributed by atoms with Crippen LogP contribution < -0.4 is 10.5 Å². The first kappa shape index (κ1) is 6.93. The molecule has 0 atom stereocenters. The summed E-state index contributed by atoms with van der Waals surface area (Å²) in [6.45, 7) is 3.73. The molecule has 2 heteroatoms. The summed E-state index contributed by atoms with van der Waals surface area (Å²) in [6, 6.07) is 5.42. The van der Waals surface area contributed by atoms with Gasteiger partial charge in [0.15, 0.2) is 0 Å². The molecule has 0 aliphatic heterocycles. The molecule has 0 saturated carbocycles. The van der Waals surface area contributed by atoms with Crippen molar-refractivity contribution in [2.24, 2.45) is 0 Å². The number of methoxy groups -OCH3 is 1. The van der Waals surface area contributed by atoms with E-state index in [1.54, 1.807) is 19.2 Å². The molecule has 0 aliphatic rings. The van der Waals surface area contributed by atoms with Crippen LogP contribution in [0.2, 0.25) is 0 Å². The van der Waals surface area contributed by atoms with Gasteiger partial charge in [-0.3, -0.25) is 0 Å². The van der Waals surface area contributed by atoms with Crippen LogP contribution in [0.25, 0.3) is 0 Å². The monoisotopic (exact) mass is 136 g/mol. The number of rotatable bonds is 1. The number of nitrogens with two attached hydrogens (primary N) is 1. The van der Waals surface area contributed by atoms with Gasteiger partial charge in [-0.2, -0.15) is 0 Å². The molecule has 53 valence electrons. The highest BCUT2D eigenvalue weighted by molar-refractivity contribution is 5.54. The Hall–Kier alpha value is -1.18. The van der Waals surface area contributed by atoms with Crippen molar-refractivity contribution in [3.63, 3.8) is 0 Å². The van der Waals surface area contributed by atoms with Gasteiger partial charge >= 0.3 is 0 Å². The number of ether oxygens (including phenoxy) is 1. The highest BCUT2D eigenvalue weighted by Crippen LogP contribution is 2.21. The zero-order chi connectivity index (χ0) is 7.56. The van der Waals surface area contributed by atoms with Gasteiger partial charge in [0.2, 0.25) is 0 Å². The Morgan fingerprint density at radius 2 is 2.20 bits per heavy atom. The molecule has 0 heterocycles. The van der Waals surface area contributed by atoms with E-state index in [1.165, 1.54) is 0 Å². The lowest BCUT2D eigenvalue weighted by atomic mass is 10.2. The van der Waals surface area contributed by atoms with Crippen LogP contribution in [0.15, 0.2) is 18.2 Å². The summed E-state index contributed by atoms with van der Waals surface area (Å²) in [6.07, 6.45) is 0. The summed E-state index contributed by atoms with van der Waals surface area (Å²) < 4.78 is 4.96. The fraction of sp³-hybridized carbons (Fsp3) is 0.125. The van der Waals surface area contributed by atoms with Crippen molar-refractivity contribution in [3.8, 4) is 5.75 Å². The van der Waals surface area contributed by atoms with Crippen molar-refractivity contribution in [2.45, 2.75) is 0 Å². The minimum Gasteiger partial charge on any atom is -0.495 e. The molecule has 1 aromatic carbocycles. The van der Waals surface area contributed by atoms with E-state index in [4.69, 9.17) is 10.5 Å². The lowest BCUT2D eigenvalue weighted by Gasteiger charge is -2.03. The molecule has 2 nitrogen and oxygen atoms in total. The topological polar surface area (TPSA) is 35.2 Å². The standard InChI is InChI=1S/C8H10NO/c1-6-3-4-7(9)8(5-6)10-2/h3-5H,1,9H2,2H3. The SMILES string of the molecule is [CH2]c1ccc(N)c(OC)c1. The summed E-state index contributed by atoms with van der Waals surface area (Å²) in [5.74, 6) is 0.688. The van der Waals surface area contributed by atoms with Crippen LogP contribution in [0.5, 0.6) is 5.75 Å². The third kappa shape index (κ3) is 1.21. The lowest BCUT2D eigenvalue weighted by molar-refractivity contribution is 0.417. The summed E-state index contributed by atoms with van der Waals surface area (Å²) in [5, 5.41) is 0. The zero-order valence-electron chi connectivity index (χ0n) is 5.92. The maximum absolute atomic E-state index is 5.55. The average Bonchev–Trinajstić information content (AvgIpc) is 1.94. The maximum atomic E-state index is 5.55. The van der Waals surface area contributed by atoms with Crippen LogP contribution in [0.3, 0.4) is 0 Å². The molecular formula is C8H10NO. The van der Waals surface area contributed by atoms with Crippen molar-refractivity contribution in [1.29, 1.82) is 0 Å². The normalized spacial score (nSPS) is 9.40. The summed E-state index contributed by atoms with van der Waals surface area (Å²) in [4.78, 5) is 0. The van der Waals surface area contributed by atoms with Crippen molar-refractivity contribution in [1.82, 2.24) is 0 Å². The maximum Gasteiger partial charge on any atom is 0.142 e. The Morgan fingerprint density at radius 1 is 1.50 bits per heavy atom. The third-order valence-electron chi connectivity index (χ3n) is 1.30. The van der Waals surface area contributed by atoms with E-state index in [2.05, 4.69) is 6.92 Å². The molecule has 0 aromatic heterocycles. The van der Waals surface area contributed by atoms with E-state index in [1.807, 2.05) is 6.07 Å². The first-order chi connectivity index (χ1) is 4.74. The first-order valence-corrected chi connectivity index (χ1v) is 2.99. The number of nitrogen functional groups attached to an aromatic ring is 1. The number of hydrogen-bond acceptors (Lipinski definition) is 2. The van der Waals surface area contributed by atoms with Crippen molar-refractivity contribution in [2.75, 3.05) is 12.8 Å². The Balaban J connectivity index is 3.09. The van der Waals surface area contributed by atoms with Crippen LogP contribution in [-0.2, 0) is 0 Å². The van der Waals surface area contributed by atoms with E-state index < -0.39 is 0 Å². The number of benzene rings is 1. The highest BCUT2D eigenvalue weighted by Gasteiger charge is 1.95. The largest absolute Gasteiger partial charge is 0.495 e. The first-order valence-electron chi connectivity index (χ1n) is 2.99. The second-order valence-corrected chi connectivity index (χ2v) is 2.08. The molecule has 0 saturated heterocycles. The van der Waals surface area contributed by atoms with Gasteiger partial charge in [0.1, 0.15) is 5.75 Å².